The number of aromatic nitrogens is 1. The number of rotatable bonds is 5. The SMILES string of the molecule is CCn1c(CN(C)C(=O)OCc2ccccc2)cc2ccccc21. The fourth-order valence-corrected chi connectivity index (χ4v) is 2.91. The third-order valence-corrected chi connectivity index (χ3v) is 4.13. The first kappa shape index (κ1) is 16.1. The first-order valence-electron chi connectivity index (χ1n) is 8.18. The topological polar surface area (TPSA) is 34.5 Å². The number of fused-ring (bicyclic) bond motifs is 1. The average Bonchev–Trinajstić information content (AvgIpc) is 2.97. The van der Waals surface area contributed by atoms with Gasteiger partial charge in [0.05, 0.1) is 6.54 Å². The molecule has 24 heavy (non-hydrogen) atoms. The van der Waals surface area contributed by atoms with Gasteiger partial charge in [0.1, 0.15) is 6.61 Å². The van der Waals surface area contributed by atoms with Crippen LogP contribution in [-0.2, 0) is 24.4 Å². The number of benzene rings is 2. The number of ether oxygens (including phenoxy) is 1. The molecule has 0 fully saturated rings. The number of carbonyl (C=O) groups is 1. The van der Waals surface area contributed by atoms with E-state index in [0.717, 1.165) is 17.8 Å². The molecule has 4 nitrogen and oxygen atoms in total. The Labute approximate surface area is 142 Å². The third-order valence-electron chi connectivity index (χ3n) is 4.13. The van der Waals surface area contributed by atoms with E-state index in [9.17, 15) is 4.79 Å². The monoisotopic (exact) mass is 322 g/mol. The van der Waals surface area contributed by atoms with E-state index in [1.54, 1.807) is 11.9 Å². The van der Waals surface area contributed by atoms with Crippen molar-refractivity contribution in [1.82, 2.24) is 9.47 Å². The molecule has 0 saturated carbocycles. The quantitative estimate of drug-likeness (QED) is 0.696. The molecule has 124 valence electrons. The molecule has 0 N–H and O–H groups in total. The van der Waals surface area contributed by atoms with Crippen LogP contribution in [0.1, 0.15) is 18.2 Å². The van der Waals surface area contributed by atoms with E-state index >= 15 is 0 Å². The van der Waals surface area contributed by atoms with E-state index in [2.05, 4.69) is 29.7 Å². The first-order chi connectivity index (χ1) is 11.7. The van der Waals surface area contributed by atoms with Crippen LogP contribution in [0.25, 0.3) is 10.9 Å². The van der Waals surface area contributed by atoms with Crippen LogP contribution in [0.4, 0.5) is 4.79 Å². The van der Waals surface area contributed by atoms with Crippen molar-refractivity contribution in [2.75, 3.05) is 7.05 Å². The minimum absolute atomic E-state index is 0.292. The number of amides is 1. The standard InChI is InChI=1S/C20H22N2O2/c1-3-22-18(13-17-11-7-8-12-19(17)22)14-21(2)20(23)24-15-16-9-5-4-6-10-16/h4-13H,3,14-15H2,1-2H3. The maximum absolute atomic E-state index is 12.2. The molecule has 1 amide bonds. The molecule has 0 radical (unpaired) electrons. The molecule has 2 aromatic carbocycles. The first-order valence-corrected chi connectivity index (χ1v) is 8.18. The summed E-state index contributed by atoms with van der Waals surface area (Å²) in [6.45, 7) is 3.80. The molecule has 0 aliphatic carbocycles. The molecule has 1 heterocycles. The van der Waals surface area contributed by atoms with Gasteiger partial charge in [-0.3, -0.25) is 0 Å². The second-order valence-corrected chi connectivity index (χ2v) is 5.83. The molecule has 0 atom stereocenters. The maximum atomic E-state index is 12.2. The largest absolute Gasteiger partial charge is 0.445 e. The fraction of sp³-hybridized carbons (Fsp3) is 0.250. The molecule has 3 aromatic rings. The Kier molecular flexibility index (Phi) is 4.85. The minimum atomic E-state index is -0.313. The Morgan fingerprint density at radius 1 is 1.08 bits per heavy atom. The molecule has 0 aliphatic heterocycles. The van der Waals surface area contributed by atoms with E-state index in [1.807, 2.05) is 42.5 Å². The van der Waals surface area contributed by atoms with E-state index < -0.39 is 0 Å². The van der Waals surface area contributed by atoms with Crippen LogP contribution in [0.2, 0.25) is 0 Å². The molecule has 0 bridgehead atoms. The van der Waals surface area contributed by atoms with Crippen molar-refractivity contribution in [3.05, 3.63) is 71.9 Å². The van der Waals surface area contributed by atoms with Crippen molar-refractivity contribution < 1.29 is 9.53 Å². The number of para-hydroxylation sites is 1. The van der Waals surface area contributed by atoms with E-state index in [-0.39, 0.29) is 6.09 Å². The Bertz CT molecular complexity index is 824. The maximum Gasteiger partial charge on any atom is 0.410 e. The molecule has 4 heteroatoms. The Morgan fingerprint density at radius 3 is 2.54 bits per heavy atom. The van der Waals surface area contributed by atoms with Crippen LogP contribution in [0.3, 0.4) is 0 Å². The highest BCUT2D eigenvalue weighted by atomic mass is 16.6. The van der Waals surface area contributed by atoms with Gasteiger partial charge < -0.3 is 14.2 Å². The van der Waals surface area contributed by atoms with Crippen molar-refractivity contribution in [2.24, 2.45) is 0 Å². The number of carbonyl (C=O) groups excluding carboxylic acids is 1. The highest BCUT2D eigenvalue weighted by Crippen LogP contribution is 2.21. The predicted octanol–water partition coefficient (Wildman–Crippen LogP) is 4.43. The number of hydrogen-bond donors (Lipinski definition) is 0. The van der Waals surface area contributed by atoms with Gasteiger partial charge in [-0.25, -0.2) is 4.79 Å². The zero-order chi connectivity index (χ0) is 16.9. The van der Waals surface area contributed by atoms with Gasteiger partial charge in [0, 0.05) is 24.8 Å². The van der Waals surface area contributed by atoms with Crippen LogP contribution >= 0.6 is 0 Å². The summed E-state index contributed by atoms with van der Waals surface area (Å²) in [6.07, 6.45) is -0.313. The van der Waals surface area contributed by atoms with Gasteiger partial charge in [-0.15, -0.1) is 0 Å². The summed E-state index contributed by atoms with van der Waals surface area (Å²) in [4.78, 5) is 13.8. The van der Waals surface area contributed by atoms with Gasteiger partial charge >= 0.3 is 6.09 Å². The van der Waals surface area contributed by atoms with Crippen LogP contribution in [-0.4, -0.2) is 22.6 Å². The fourth-order valence-electron chi connectivity index (χ4n) is 2.91. The van der Waals surface area contributed by atoms with Gasteiger partial charge in [-0.1, -0.05) is 48.5 Å². The molecular weight excluding hydrogens is 300 g/mol. The average molecular weight is 322 g/mol. The second-order valence-electron chi connectivity index (χ2n) is 5.83. The van der Waals surface area contributed by atoms with Crippen LogP contribution in [0.15, 0.2) is 60.7 Å². The summed E-state index contributed by atoms with van der Waals surface area (Å²) in [5.74, 6) is 0. The highest BCUT2D eigenvalue weighted by Gasteiger charge is 2.14. The van der Waals surface area contributed by atoms with E-state index in [1.165, 1.54) is 10.9 Å². The van der Waals surface area contributed by atoms with Crippen LogP contribution in [0.5, 0.6) is 0 Å². The molecular formula is C20H22N2O2. The van der Waals surface area contributed by atoms with Crippen molar-refractivity contribution in [1.29, 1.82) is 0 Å². The Hall–Kier alpha value is -2.75. The predicted molar refractivity (Wildman–Crippen MR) is 95.7 cm³/mol. The molecule has 0 unspecified atom stereocenters. The highest BCUT2D eigenvalue weighted by molar-refractivity contribution is 5.81. The van der Waals surface area contributed by atoms with Crippen LogP contribution in [0, 0.1) is 0 Å². The molecule has 1 aromatic heterocycles. The smallest absolute Gasteiger partial charge is 0.410 e. The van der Waals surface area contributed by atoms with Crippen molar-refractivity contribution >= 4 is 17.0 Å². The van der Waals surface area contributed by atoms with Crippen molar-refractivity contribution in [3.8, 4) is 0 Å². The molecule has 0 spiro atoms. The summed E-state index contributed by atoms with van der Waals surface area (Å²) in [5, 5.41) is 1.19. The summed E-state index contributed by atoms with van der Waals surface area (Å²) < 4.78 is 7.62. The third kappa shape index (κ3) is 3.43. The lowest BCUT2D eigenvalue weighted by Gasteiger charge is -2.18. The molecule has 0 aliphatic rings. The lowest BCUT2D eigenvalue weighted by molar-refractivity contribution is 0.102. The molecule has 0 saturated heterocycles. The van der Waals surface area contributed by atoms with Gasteiger partial charge in [-0.05, 0) is 30.0 Å². The van der Waals surface area contributed by atoms with E-state index in [0.29, 0.717) is 13.2 Å². The Morgan fingerprint density at radius 2 is 1.79 bits per heavy atom. The normalized spacial score (nSPS) is 10.8. The van der Waals surface area contributed by atoms with Crippen molar-refractivity contribution in [3.63, 3.8) is 0 Å². The van der Waals surface area contributed by atoms with Gasteiger partial charge in [0.2, 0.25) is 0 Å². The summed E-state index contributed by atoms with van der Waals surface area (Å²) in [5.41, 5.74) is 3.29. The number of nitrogens with zero attached hydrogens (tertiary/aromatic N) is 2. The number of hydrogen-bond acceptors (Lipinski definition) is 2. The zero-order valence-corrected chi connectivity index (χ0v) is 14.1. The van der Waals surface area contributed by atoms with E-state index in [4.69, 9.17) is 4.74 Å². The zero-order valence-electron chi connectivity index (χ0n) is 14.1. The summed E-state index contributed by atoms with van der Waals surface area (Å²) >= 11 is 0. The van der Waals surface area contributed by atoms with Gasteiger partial charge in [0.25, 0.3) is 0 Å². The summed E-state index contributed by atoms with van der Waals surface area (Å²) in [6, 6.07) is 20.1. The number of aryl methyl sites for hydroxylation is 1. The second kappa shape index (κ2) is 7.21. The van der Waals surface area contributed by atoms with Gasteiger partial charge in [-0.2, -0.15) is 0 Å². The van der Waals surface area contributed by atoms with Gasteiger partial charge in [0.15, 0.2) is 0 Å². The van der Waals surface area contributed by atoms with Crippen LogP contribution < -0.4 is 0 Å². The molecule has 3 rings (SSSR count). The summed E-state index contributed by atoms with van der Waals surface area (Å²) in [7, 11) is 1.77. The minimum Gasteiger partial charge on any atom is -0.445 e. The Balaban J connectivity index is 1.68. The van der Waals surface area contributed by atoms with Crippen molar-refractivity contribution in [2.45, 2.75) is 26.6 Å². The lowest BCUT2D eigenvalue weighted by Crippen LogP contribution is -2.27. The lowest BCUT2D eigenvalue weighted by atomic mass is 10.2.